The van der Waals surface area contributed by atoms with E-state index in [0.717, 1.165) is 38.5 Å². The van der Waals surface area contributed by atoms with Gasteiger partial charge in [-0.2, -0.15) is 0 Å². The van der Waals surface area contributed by atoms with Crippen molar-refractivity contribution in [1.29, 1.82) is 0 Å². The van der Waals surface area contributed by atoms with Crippen LogP contribution in [-0.2, 0) is 23.9 Å². The highest BCUT2D eigenvalue weighted by atomic mass is 16.6. The van der Waals surface area contributed by atoms with E-state index in [9.17, 15) is 14.4 Å². The number of hydrogen-bond donors (Lipinski definition) is 0. The summed E-state index contributed by atoms with van der Waals surface area (Å²) >= 11 is 0. The summed E-state index contributed by atoms with van der Waals surface area (Å²) in [4.78, 5) is 33.4. The maximum Gasteiger partial charge on any atom is 0.316 e. The Kier molecular flexibility index (Phi) is 17.2. The SMILES string of the molecule is CCC(=COC(=O)C(C)CC)CC.CCCC(=O)OC(=O)C(CC)CC. The summed E-state index contributed by atoms with van der Waals surface area (Å²) < 4.78 is 9.69. The molecule has 0 saturated heterocycles. The van der Waals surface area contributed by atoms with Crippen LogP contribution >= 0.6 is 0 Å². The molecule has 0 aliphatic heterocycles. The smallest absolute Gasteiger partial charge is 0.316 e. The van der Waals surface area contributed by atoms with E-state index in [2.05, 4.69) is 18.6 Å². The largest absolute Gasteiger partial charge is 0.434 e. The van der Waals surface area contributed by atoms with Crippen LogP contribution in [0.2, 0.25) is 0 Å². The molecular formula is C21H38O5. The Labute approximate surface area is 159 Å². The van der Waals surface area contributed by atoms with Gasteiger partial charge in [-0.25, -0.2) is 0 Å². The third-order valence-electron chi connectivity index (χ3n) is 4.25. The van der Waals surface area contributed by atoms with Gasteiger partial charge in [0.25, 0.3) is 0 Å². The van der Waals surface area contributed by atoms with Gasteiger partial charge < -0.3 is 9.47 Å². The molecule has 0 rings (SSSR count). The Hall–Kier alpha value is -1.65. The first kappa shape index (κ1) is 26.6. The number of ether oxygens (including phenoxy) is 2. The lowest BCUT2D eigenvalue weighted by Crippen LogP contribution is -2.20. The highest BCUT2D eigenvalue weighted by Gasteiger charge is 2.18. The molecule has 0 amide bonds. The molecule has 0 aliphatic carbocycles. The van der Waals surface area contributed by atoms with Crippen molar-refractivity contribution in [3.05, 3.63) is 11.8 Å². The second-order valence-corrected chi connectivity index (χ2v) is 6.29. The van der Waals surface area contributed by atoms with Crippen molar-refractivity contribution < 1.29 is 23.9 Å². The Bertz CT molecular complexity index is 430. The minimum atomic E-state index is -0.403. The zero-order valence-corrected chi connectivity index (χ0v) is 17.7. The predicted octanol–water partition coefficient (Wildman–Crippen LogP) is 5.57. The van der Waals surface area contributed by atoms with Crippen molar-refractivity contribution in [3.8, 4) is 0 Å². The molecule has 0 saturated carbocycles. The molecule has 1 atom stereocenters. The minimum absolute atomic E-state index is 0.00575. The van der Waals surface area contributed by atoms with Gasteiger partial charge in [-0.15, -0.1) is 0 Å². The number of rotatable bonds is 10. The summed E-state index contributed by atoms with van der Waals surface area (Å²) in [5.74, 6) is -1.02. The van der Waals surface area contributed by atoms with Gasteiger partial charge in [0.2, 0.25) is 0 Å². The van der Waals surface area contributed by atoms with Gasteiger partial charge in [0.15, 0.2) is 0 Å². The number of esters is 3. The first-order valence-corrected chi connectivity index (χ1v) is 9.93. The topological polar surface area (TPSA) is 69.7 Å². The highest BCUT2D eigenvalue weighted by molar-refractivity contribution is 5.86. The van der Waals surface area contributed by atoms with Crippen LogP contribution in [0.5, 0.6) is 0 Å². The normalized spacial score (nSPS) is 11.1. The Balaban J connectivity index is 0. The molecule has 0 aliphatic rings. The van der Waals surface area contributed by atoms with Crippen LogP contribution in [0.25, 0.3) is 0 Å². The molecule has 26 heavy (non-hydrogen) atoms. The van der Waals surface area contributed by atoms with Crippen LogP contribution in [0.3, 0.4) is 0 Å². The van der Waals surface area contributed by atoms with Gasteiger partial charge in [-0.3, -0.25) is 14.4 Å². The van der Waals surface area contributed by atoms with Crippen molar-refractivity contribution in [2.24, 2.45) is 11.8 Å². The molecule has 1 unspecified atom stereocenters. The minimum Gasteiger partial charge on any atom is -0.434 e. The summed E-state index contributed by atoms with van der Waals surface area (Å²) in [5.41, 5.74) is 1.18. The van der Waals surface area contributed by atoms with E-state index in [-0.39, 0.29) is 23.8 Å². The van der Waals surface area contributed by atoms with Gasteiger partial charge in [0, 0.05) is 6.42 Å². The molecule has 5 nitrogen and oxygen atoms in total. The van der Waals surface area contributed by atoms with E-state index in [1.165, 1.54) is 5.57 Å². The summed E-state index contributed by atoms with van der Waals surface area (Å²) in [6.07, 6.45) is 6.84. The molecule has 0 bridgehead atoms. The molecule has 0 radical (unpaired) electrons. The van der Waals surface area contributed by atoms with Crippen LogP contribution in [0, 0.1) is 11.8 Å². The van der Waals surface area contributed by atoms with Gasteiger partial charge in [-0.1, -0.05) is 48.5 Å². The van der Waals surface area contributed by atoms with Crippen LogP contribution in [-0.4, -0.2) is 17.9 Å². The monoisotopic (exact) mass is 370 g/mol. The standard InChI is InChI=1S/C11H20O2.C10H18O3/c1-5-9(4)11(12)13-8-10(6-2)7-3;1-4-7-9(11)13-10(12)8(5-2)6-3/h8-9H,5-7H2,1-4H3;8H,4-7H2,1-3H3. The van der Waals surface area contributed by atoms with E-state index in [4.69, 9.17) is 4.74 Å². The fourth-order valence-corrected chi connectivity index (χ4v) is 1.91. The average Bonchev–Trinajstić information content (AvgIpc) is 2.63. The number of carbonyl (C=O) groups excluding carboxylic acids is 3. The second-order valence-electron chi connectivity index (χ2n) is 6.29. The quantitative estimate of drug-likeness (QED) is 0.285. The average molecular weight is 371 g/mol. The maximum absolute atomic E-state index is 11.2. The van der Waals surface area contributed by atoms with Gasteiger partial charge in [-0.05, 0) is 44.1 Å². The molecule has 0 fully saturated rings. The van der Waals surface area contributed by atoms with E-state index < -0.39 is 5.97 Å². The maximum atomic E-state index is 11.2. The van der Waals surface area contributed by atoms with Gasteiger partial charge in [0.05, 0.1) is 18.1 Å². The summed E-state index contributed by atoms with van der Waals surface area (Å²) in [6, 6.07) is 0. The lowest BCUT2D eigenvalue weighted by Gasteiger charge is -2.09. The van der Waals surface area contributed by atoms with Crippen LogP contribution in [0.4, 0.5) is 0 Å². The fraction of sp³-hybridized carbons (Fsp3) is 0.762. The van der Waals surface area contributed by atoms with Crippen molar-refractivity contribution in [2.45, 2.75) is 93.4 Å². The van der Waals surface area contributed by atoms with Crippen LogP contribution < -0.4 is 0 Å². The van der Waals surface area contributed by atoms with Crippen molar-refractivity contribution >= 4 is 17.9 Å². The Morgan fingerprint density at radius 2 is 1.38 bits per heavy atom. The number of carbonyl (C=O) groups is 3. The molecule has 5 heteroatoms. The molecule has 0 aromatic carbocycles. The van der Waals surface area contributed by atoms with E-state index >= 15 is 0 Å². The van der Waals surface area contributed by atoms with Crippen LogP contribution in [0.15, 0.2) is 11.8 Å². The molecule has 0 spiro atoms. The molecule has 0 aromatic rings. The van der Waals surface area contributed by atoms with Gasteiger partial charge >= 0.3 is 17.9 Å². The zero-order valence-electron chi connectivity index (χ0n) is 17.7. The second kappa shape index (κ2) is 16.8. The van der Waals surface area contributed by atoms with Crippen LogP contribution in [0.1, 0.15) is 93.4 Å². The highest BCUT2D eigenvalue weighted by Crippen LogP contribution is 2.10. The van der Waals surface area contributed by atoms with Gasteiger partial charge in [0.1, 0.15) is 0 Å². The first-order valence-electron chi connectivity index (χ1n) is 9.93. The third-order valence-corrected chi connectivity index (χ3v) is 4.25. The molecule has 152 valence electrons. The predicted molar refractivity (Wildman–Crippen MR) is 104 cm³/mol. The number of allylic oxidation sites excluding steroid dienone is 1. The van der Waals surface area contributed by atoms with Crippen molar-refractivity contribution in [2.75, 3.05) is 0 Å². The molecule has 0 N–H and O–H groups in total. The lowest BCUT2D eigenvalue weighted by molar-refractivity contribution is -0.162. The van der Waals surface area contributed by atoms with Crippen molar-refractivity contribution in [1.82, 2.24) is 0 Å². The van der Waals surface area contributed by atoms with E-state index in [0.29, 0.717) is 6.42 Å². The third kappa shape index (κ3) is 12.7. The summed E-state index contributed by atoms with van der Waals surface area (Å²) in [6.45, 7) is 13.7. The summed E-state index contributed by atoms with van der Waals surface area (Å²) in [7, 11) is 0. The molecule has 0 aromatic heterocycles. The first-order chi connectivity index (χ1) is 12.3. The number of hydrogen-bond acceptors (Lipinski definition) is 5. The van der Waals surface area contributed by atoms with E-state index in [1.807, 2.05) is 34.6 Å². The molecular weight excluding hydrogens is 332 g/mol. The summed E-state index contributed by atoms with van der Waals surface area (Å²) in [5, 5.41) is 0. The van der Waals surface area contributed by atoms with E-state index in [1.54, 1.807) is 6.26 Å². The Morgan fingerprint density at radius 3 is 1.77 bits per heavy atom. The molecule has 0 heterocycles. The zero-order chi connectivity index (χ0) is 20.5. The van der Waals surface area contributed by atoms with Crippen molar-refractivity contribution in [3.63, 3.8) is 0 Å². The Morgan fingerprint density at radius 1 is 0.846 bits per heavy atom. The lowest BCUT2D eigenvalue weighted by atomic mass is 10.0. The fourth-order valence-electron chi connectivity index (χ4n) is 1.91.